The number of nitrogens with one attached hydrogen (secondary N) is 3. The zero-order valence-corrected chi connectivity index (χ0v) is 14.7. The van der Waals surface area contributed by atoms with E-state index in [1.165, 1.54) is 4.90 Å². The lowest BCUT2D eigenvalue weighted by Crippen LogP contribution is -2.27. The predicted octanol–water partition coefficient (Wildman–Crippen LogP) is 1.50. The van der Waals surface area contributed by atoms with Gasteiger partial charge >= 0.3 is 0 Å². The number of fused-ring (bicyclic) bond motifs is 1. The Morgan fingerprint density at radius 1 is 1.27 bits per heavy atom. The number of rotatable bonds is 4. The van der Waals surface area contributed by atoms with Crippen molar-refractivity contribution >= 4 is 34.5 Å². The number of hydrogen-bond donors (Lipinski definition) is 3. The molecule has 1 aromatic heterocycles. The van der Waals surface area contributed by atoms with Crippen molar-refractivity contribution in [2.45, 2.75) is 19.5 Å². The second kappa shape index (κ2) is 6.93. The van der Waals surface area contributed by atoms with Crippen LogP contribution in [0.15, 0.2) is 24.3 Å². The van der Waals surface area contributed by atoms with Crippen LogP contribution in [0.5, 0.6) is 0 Å². The van der Waals surface area contributed by atoms with E-state index in [9.17, 15) is 14.4 Å². The van der Waals surface area contributed by atoms with Crippen molar-refractivity contribution in [1.29, 1.82) is 0 Å². The number of amides is 3. The number of anilines is 1. The number of aromatic nitrogens is 2. The van der Waals surface area contributed by atoms with Crippen molar-refractivity contribution < 1.29 is 14.4 Å². The molecule has 2 aliphatic heterocycles. The molecule has 2 aromatic rings. The molecule has 0 saturated carbocycles. The Kier molecular flexibility index (Phi) is 4.48. The molecule has 0 unspecified atom stereocenters. The van der Waals surface area contributed by atoms with Crippen LogP contribution in [0.3, 0.4) is 0 Å². The first-order valence-electron chi connectivity index (χ1n) is 8.26. The molecule has 1 fully saturated rings. The van der Waals surface area contributed by atoms with Gasteiger partial charge in [-0.05, 0) is 17.7 Å². The number of carbonyl (C=O) groups excluding carboxylic acids is 3. The largest absolute Gasteiger partial charge is 0.321 e. The number of carbonyl (C=O) groups is 3. The summed E-state index contributed by atoms with van der Waals surface area (Å²) >= 11 is 1.02. The summed E-state index contributed by atoms with van der Waals surface area (Å²) in [7, 11) is 0. The maximum absolute atomic E-state index is 12.5. The van der Waals surface area contributed by atoms with E-state index >= 15 is 0 Å². The third-order valence-electron chi connectivity index (χ3n) is 4.41. The lowest BCUT2D eigenvalue weighted by molar-refractivity contribution is -0.125. The zero-order valence-electron chi connectivity index (χ0n) is 13.9. The summed E-state index contributed by atoms with van der Waals surface area (Å²) in [6.45, 7) is 1.75. The first-order valence-corrected chi connectivity index (χ1v) is 9.24. The average molecular weight is 371 g/mol. The molecule has 1 saturated heterocycles. The van der Waals surface area contributed by atoms with Gasteiger partial charge in [-0.2, -0.15) is 5.10 Å². The third-order valence-corrected chi connectivity index (χ3v) is 5.27. The lowest BCUT2D eigenvalue weighted by Gasteiger charge is -2.14. The van der Waals surface area contributed by atoms with Crippen LogP contribution in [0.2, 0.25) is 0 Å². The highest BCUT2D eigenvalue weighted by Gasteiger charge is 2.29. The Hall–Kier alpha value is -2.65. The maximum Gasteiger partial charge on any atom is 0.289 e. The van der Waals surface area contributed by atoms with Crippen molar-refractivity contribution in [2.75, 3.05) is 17.6 Å². The molecule has 1 aromatic carbocycles. The number of aromatic amines is 1. The molecular formula is C17H17N5O3S. The summed E-state index contributed by atoms with van der Waals surface area (Å²) in [4.78, 5) is 37.0. The van der Waals surface area contributed by atoms with Gasteiger partial charge in [-0.15, -0.1) is 0 Å². The topological polar surface area (TPSA) is 107 Å². The Morgan fingerprint density at radius 2 is 2.08 bits per heavy atom. The van der Waals surface area contributed by atoms with Crippen LogP contribution in [0.25, 0.3) is 0 Å². The van der Waals surface area contributed by atoms with Gasteiger partial charge in [0.05, 0.1) is 12.3 Å². The highest BCUT2D eigenvalue weighted by Crippen LogP contribution is 2.22. The van der Waals surface area contributed by atoms with Gasteiger partial charge in [-0.3, -0.25) is 24.4 Å². The van der Waals surface area contributed by atoms with Gasteiger partial charge in [0.15, 0.2) is 5.69 Å². The monoisotopic (exact) mass is 371 g/mol. The van der Waals surface area contributed by atoms with E-state index in [0.717, 1.165) is 41.5 Å². The van der Waals surface area contributed by atoms with E-state index in [1.54, 1.807) is 24.3 Å². The van der Waals surface area contributed by atoms with Crippen LogP contribution < -0.4 is 10.6 Å². The summed E-state index contributed by atoms with van der Waals surface area (Å²) in [5, 5.41) is 12.9. The van der Waals surface area contributed by atoms with E-state index in [-0.39, 0.29) is 29.4 Å². The van der Waals surface area contributed by atoms with E-state index in [1.807, 2.05) is 0 Å². The Labute approximate surface area is 153 Å². The van der Waals surface area contributed by atoms with E-state index in [4.69, 9.17) is 0 Å². The van der Waals surface area contributed by atoms with Gasteiger partial charge in [-0.25, -0.2) is 0 Å². The predicted molar refractivity (Wildman–Crippen MR) is 96.8 cm³/mol. The van der Waals surface area contributed by atoms with Crippen LogP contribution in [0.4, 0.5) is 10.5 Å². The SMILES string of the molecule is O=C(Nc1ccc(CN2C(=O)CSC2=O)cc1)c1n[nH]c2c1CNCC2. The second-order valence-electron chi connectivity index (χ2n) is 6.14. The van der Waals surface area contributed by atoms with Crippen LogP contribution in [0, 0.1) is 0 Å². The number of nitrogens with zero attached hydrogens (tertiary/aromatic N) is 2. The van der Waals surface area contributed by atoms with Crippen molar-refractivity contribution in [3.8, 4) is 0 Å². The number of H-pyrrole nitrogens is 1. The minimum atomic E-state index is -0.264. The number of thioether (sulfide) groups is 1. The van der Waals surface area contributed by atoms with Crippen LogP contribution in [0.1, 0.15) is 27.3 Å². The van der Waals surface area contributed by atoms with Crippen molar-refractivity contribution in [3.63, 3.8) is 0 Å². The van der Waals surface area contributed by atoms with Crippen molar-refractivity contribution in [2.24, 2.45) is 0 Å². The molecule has 0 atom stereocenters. The minimum Gasteiger partial charge on any atom is -0.321 e. The number of benzene rings is 1. The van der Waals surface area contributed by atoms with Crippen LogP contribution >= 0.6 is 11.8 Å². The number of imide groups is 1. The molecule has 3 N–H and O–H groups in total. The third kappa shape index (κ3) is 3.23. The standard InChI is InChI=1S/C17H17N5O3S/c23-14-9-26-17(25)22(14)8-10-1-3-11(4-2-10)19-16(24)15-12-7-18-6-5-13(12)20-21-15/h1-4,18H,5-9H2,(H,19,24)(H,20,21). The van der Waals surface area contributed by atoms with E-state index < -0.39 is 0 Å². The Balaban J connectivity index is 1.43. The molecule has 0 spiro atoms. The highest BCUT2D eigenvalue weighted by molar-refractivity contribution is 8.14. The van der Waals surface area contributed by atoms with Gasteiger partial charge in [0.2, 0.25) is 5.91 Å². The number of hydrogen-bond acceptors (Lipinski definition) is 6. The quantitative estimate of drug-likeness (QED) is 0.752. The summed E-state index contributed by atoms with van der Waals surface area (Å²) < 4.78 is 0. The fourth-order valence-electron chi connectivity index (χ4n) is 3.01. The van der Waals surface area contributed by atoms with E-state index in [2.05, 4.69) is 20.8 Å². The van der Waals surface area contributed by atoms with Gasteiger partial charge in [0.1, 0.15) is 0 Å². The van der Waals surface area contributed by atoms with Gasteiger partial charge in [0, 0.05) is 36.5 Å². The normalized spacial score (nSPS) is 16.7. The second-order valence-corrected chi connectivity index (χ2v) is 7.07. The van der Waals surface area contributed by atoms with Crippen LogP contribution in [-0.4, -0.2) is 44.4 Å². The molecule has 26 heavy (non-hydrogen) atoms. The molecule has 0 aliphatic carbocycles. The highest BCUT2D eigenvalue weighted by atomic mass is 32.2. The van der Waals surface area contributed by atoms with E-state index in [0.29, 0.717) is 17.9 Å². The van der Waals surface area contributed by atoms with Gasteiger partial charge < -0.3 is 10.6 Å². The molecule has 4 rings (SSSR count). The summed E-state index contributed by atoms with van der Waals surface area (Å²) in [5.74, 6) is -0.231. The molecule has 0 radical (unpaired) electrons. The molecule has 0 bridgehead atoms. The molecule has 9 heteroatoms. The minimum absolute atomic E-state index is 0.172. The molecular weight excluding hydrogens is 354 g/mol. The average Bonchev–Trinajstić information content (AvgIpc) is 3.22. The maximum atomic E-state index is 12.5. The molecule has 2 aliphatic rings. The molecule has 8 nitrogen and oxygen atoms in total. The zero-order chi connectivity index (χ0) is 18.1. The fourth-order valence-corrected chi connectivity index (χ4v) is 3.74. The Morgan fingerprint density at radius 3 is 2.81 bits per heavy atom. The van der Waals surface area contributed by atoms with Gasteiger partial charge in [-0.1, -0.05) is 23.9 Å². The van der Waals surface area contributed by atoms with Crippen LogP contribution in [-0.2, 0) is 24.3 Å². The fraction of sp³-hybridized carbons (Fsp3) is 0.294. The Bertz CT molecular complexity index is 861. The van der Waals surface area contributed by atoms with Gasteiger partial charge in [0.25, 0.3) is 11.1 Å². The lowest BCUT2D eigenvalue weighted by atomic mass is 10.1. The summed E-state index contributed by atoms with van der Waals surface area (Å²) in [6.07, 6.45) is 0.830. The smallest absolute Gasteiger partial charge is 0.289 e. The summed E-state index contributed by atoms with van der Waals surface area (Å²) in [6, 6.07) is 7.09. The van der Waals surface area contributed by atoms with Crippen molar-refractivity contribution in [1.82, 2.24) is 20.4 Å². The molecule has 3 amide bonds. The molecule has 134 valence electrons. The molecule has 3 heterocycles. The first kappa shape index (κ1) is 16.8. The first-order chi connectivity index (χ1) is 12.6. The van der Waals surface area contributed by atoms with Crippen molar-refractivity contribution in [3.05, 3.63) is 46.8 Å². The summed E-state index contributed by atoms with van der Waals surface area (Å²) in [5.41, 5.74) is 3.78.